The summed E-state index contributed by atoms with van der Waals surface area (Å²) in [6, 6.07) is 14.4. The number of halogens is 2. The van der Waals surface area contributed by atoms with Gasteiger partial charge in [-0.2, -0.15) is 0 Å². The zero-order valence-corrected chi connectivity index (χ0v) is 16.8. The topological polar surface area (TPSA) is 61.4 Å². The van der Waals surface area contributed by atoms with E-state index in [1.54, 1.807) is 24.3 Å². The molecule has 0 radical (unpaired) electrons. The molecule has 6 heteroatoms. The van der Waals surface area contributed by atoms with Crippen molar-refractivity contribution in [2.24, 2.45) is 0 Å². The van der Waals surface area contributed by atoms with Crippen molar-refractivity contribution in [2.75, 3.05) is 13.1 Å². The van der Waals surface area contributed by atoms with Gasteiger partial charge < -0.3 is 15.7 Å². The van der Waals surface area contributed by atoms with Crippen LogP contribution in [-0.2, 0) is 6.42 Å². The lowest BCUT2D eigenvalue weighted by Gasteiger charge is -2.26. The van der Waals surface area contributed by atoms with E-state index in [4.69, 9.17) is 0 Å². The first-order chi connectivity index (χ1) is 15.0. The molecular weight excluding hydrogens is 398 g/mol. The second kappa shape index (κ2) is 7.87. The number of carbonyl (C=O) groups is 1. The third kappa shape index (κ3) is 3.73. The Morgan fingerprint density at radius 1 is 1.00 bits per heavy atom. The van der Waals surface area contributed by atoms with Crippen molar-refractivity contribution in [3.8, 4) is 11.1 Å². The highest BCUT2D eigenvalue weighted by Gasteiger charge is 2.26. The van der Waals surface area contributed by atoms with Gasteiger partial charge in [-0.1, -0.05) is 24.3 Å². The molecule has 1 fully saturated rings. The summed E-state index contributed by atoms with van der Waals surface area (Å²) in [6.45, 7) is 1.67. The Balaban J connectivity index is 1.45. The van der Waals surface area contributed by atoms with Gasteiger partial charge in [0.1, 0.15) is 17.7 Å². The highest BCUT2D eigenvalue weighted by molar-refractivity contribution is 5.94. The van der Waals surface area contributed by atoms with Crippen LogP contribution in [0, 0.1) is 11.6 Å². The quantitative estimate of drug-likeness (QED) is 0.606. The lowest BCUT2D eigenvalue weighted by Crippen LogP contribution is -2.36. The van der Waals surface area contributed by atoms with E-state index in [9.17, 15) is 18.7 Å². The van der Waals surface area contributed by atoms with E-state index in [2.05, 4.69) is 10.6 Å². The Bertz CT molecular complexity index is 1170. The van der Waals surface area contributed by atoms with Gasteiger partial charge in [-0.05, 0) is 71.5 Å². The van der Waals surface area contributed by atoms with Gasteiger partial charge in [0.15, 0.2) is 0 Å². The van der Waals surface area contributed by atoms with Gasteiger partial charge >= 0.3 is 0 Å². The Labute approximate surface area is 178 Å². The fourth-order valence-electron chi connectivity index (χ4n) is 4.50. The van der Waals surface area contributed by atoms with Crippen molar-refractivity contribution >= 4 is 5.91 Å². The van der Waals surface area contributed by atoms with Crippen LogP contribution in [0.15, 0.2) is 54.6 Å². The Hall–Kier alpha value is -3.09. The summed E-state index contributed by atoms with van der Waals surface area (Å²) >= 11 is 0. The fourth-order valence-corrected chi connectivity index (χ4v) is 4.50. The molecule has 1 amide bonds. The molecule has 5 rings (SSSR count). The summed E-state index contributed by atoms with van der Waals surface area (Å²) in [5, 5.41) is 17.2. The summed E-state index contributed by atoms with van der Waals surface area (Å²) in [5.41, 5.74) is 4.74. The van der Waals surface area contributed by atoms with Crippen molar-refractivity contribution in [1.29, 1.82) is 0 Å². The van der Waals surface area contributed by atoms with E-state index < -0.39 is 17.7 Å². The zero-order chi connectivity index (χ0) is 21.5. The predicted molar refractivity (Wildman–Crippen MR) is 114 cm³/mol. The number of hydrogen-bond acceptors (Lipinski definition) is 3. The lowest BCUT2D eigenvalue weighted by molar-refractivity contribution is 0.0939. The molecule has 3 aromatic rings. The number of nitrogens with one attached hydrogen (secondary N) is 2. The molecule has 1 aliphatic carbocycles. The van der Waals surface area contributed by atoms with Crippen LogP contribution < -0.4 is 10.6 Å². The van der Waals surface area contributed by atoms with Crippen LogP contribution in [0.3, 0.4) is 0 Å². The van der Waals surface area contributed by atoms with E-state index >= 15 is 0 Å². The molecule has 1 heterocycles. The number of rotatable bonds is 3. The molecule has 2 atom stereocenters. The van der Waals surface area contributed by atoms with Gasteiger partial charge in [0.2, 0.25) is 0 Å². The molecule has 1 unspecified atom stereocenters. The van der Waals surface area contributed by atoms with Gasteiger partial charge in [-0.25, -0.2) is 8.78 Å². The average Bonchev–Trinajstić information content (AvgIpc) is 3.26. The molecular formula is C25H22F2N2O2. The van der Waals surface area contributed by atoms with Crippen molar-refractivity contribution in [2.45, 2.75) is 25.0 Å². The summed E-state index contributed by atoms with van der Waals surface area (Å²) in [4.78, 5) is 12.6. The fraction of sp³-hybridized carbons (Fsp3) is 0.240. The van der Waals surface area contributed by atoms with Crippen molar-refractivity contribution in [3.05, 3.63) is 94.0 Å². The van der Waals surface area contributed by atoms with Gasteiger partial charge in [0, 0.05) is 29.8 Å². The van der Waals surface area contributed by atoms with Gasteiger partial charge in [0.25, 0.3) is 5.91 Å². The van der Waals surface area contributed by atoms with Crippen LogP contribution in [0.5, 0.6) is 0 Å². The summed E-state index contributed by atoms with van der Waals surface area (Å²) in [6.07, 6.45) is 0.609. The van der Waals surface area contributed by atoms with E-state index in [0.29, 0.717) is 23.1 Å². The largest absolute Gasteiger partial charge is 0.384 e. The Morgan fingerprint density at radius 3 is 2.52 bits per heavy atom. The number of fused-ring (bicyclic) bond motifs is 2. The lowest BCUT2D eigenvalue weighted by atomic mass is 9.82. The third-order valence-electron chi connectivity index (χ3n) is 6.16. The Kier molecular flexibility index (Phi) is 5.04. The number of benzene rings is 3. The first-order valence-electron chi connectivity index (χ1n) is 10.4. The normalized spacial score (nSPS) is 19.6. The molecule has 0 aromatic heterocycles. The summed E-state index contributed by atoms with van der Waals surface area (Å²) in [5.74, 6) is -1.38. The number of aliphatic hydroxyl groups excluding tert-OH is 1. The first-order valence-corrected chi connectivity index (χ1v) is 10.4. The molecule has 4 nitrogen and oxygen atoms in total. The summed E-state index contributed by atoms with van der Waals surface area (Å²) < 4.78 is 27.5. The van der Waals surface area contributed by atoms with E-state index in [1.165, 1.54) is 12.1 Å². The van der Waals surface area contributed by atoms with Crippen LogP contribution in [0.2, 0.25) is 0 Å². The number of carbonyl (C=O) groups excluding carboxylic acids is 1. The highest BCUT2D eigenvalue weighted by Crippen LogP contribution is 2.37. The maximum atomic E-state index is 14.3. The minimum absolute atomic E-state index is 0.126. The van der Waals surface area contributed by atoms with Crippen LogP contribution in [-0.4, -0.2) is 30.1 Å². The minimum Gasteiger partial charge on any atom is -0.384 e. The standard InChI is InChI=1S/C25H22F2N2O2/c26-18-3-6-20(23(27)12-18)14-1-4-21-16(9-14)11-17-10-15(2-5-22(17)24(21)30)25(31)29-19-7-8-28-13-19/h1-6,9-10,12,19,24,28,30H,7-8,11,13H2,(H,29,31)/t19-,24?/m1/s1. The van der Waals surface area contributed by atoms with Crippen LogP contribution in [0.1, 0.15) is 45.1 Å². The van der Waals surface area contributed by atoms with Gasteiger partial charge in [-0.3, -0.25) is 4.79 Å². The van der Waals surface area contributed by atoms with Crippen LogP contribution in [0.25, 0.3) is 11.1 Å². The number of hydrogen-bond donors (Lipinski definition) is 3. The SMILES string of the molecule is O=C(N[C@@H]1CCNC1)c1ccc2c(c1)Cc1cc(-c3ccc(F)cc3F)ccc1C2O. The maximum absolute atomic E-state index is 14.3. The Morgan fingerprint density at radius 2 is 1.77 bits per heavy atom. The van der Waals surface area contributed by atoms with E-state index in [-0.39, 0.29) is 11.9 Å². The second-order valence-electron chi connectivity index (χ2n) is 8.19. The molecule has 1 saturated heterocycles. The van der Waals surface area contributed by atoms with Crippen LogP contribution in [0.4, 0.5) is 8.78 Å². The molecule has 0 saturated carbocycles. The molecule has 3 aromatic carbocycles. The maximum Gasteiger partial charge on any atom is 0.251 e. The molecule has 3 N–H and O–H groups in total. The molecule has 158 valence electrons. The molecule has 31 heavy (non-hydrogen) atoms. The van der Waals surface area contributed by atoms with E-state index in [1.807, 2.05) is 12.1 Å². The van der Waals surface area contributed by atoms with Crippen molar-refractivity contribution < 1.29 is 18.7 Å². The number of aliphatic hydroxyl groups is 1. The monoisotopic (exact) mass is 420 g/mol. The highest BCUT2D eigenvalue weighted by atomic mass is 19.1. The van der Waals surface area contributed by atoms with Crippen LogP contribution >= 0.6 is 0 Å². The zero-order valence-electron chi connectivity index (χ0n) is 16.8. The average molecular weight is 420 g/mol. The summed E-state index contributed by atoms with van der Waals surface area (Å²) in [7, 11) is 0. The molecule has 0 bridgehead atoms. The molecule has 2 aliphatic rings. The number of amides is 1. The minimum atomic E-state index is -0.818. The smallest absolute Gasteiger partial charge is 0.251 e. The predicted octanol–water partition coefficient (Wildman–Crippen LogP) is 3.71. The molecule has 0 spiro atoms. The van der Waals surface area contributed by atoms with Crippen molar-refractivity contribution in [1.82, 2.24) is 10.6 Å². The van der Waals surface area contributed by atoms with E-state index in [0.717, 1.165) is 47.8 Å². The molecule has 1 aliphatic heterocycles. The second-order valence-corrected chi connectivity index (χ2v) is 8.19. The first kappa shape index (κ1) is 19.8. The third-order valence-corrected chi connectivity index (χ3v) is 6.16. The van der Waals surface area contributed by atoms with Gasteiger partial charge in [-0.15, -0.1) is 0 Å². The van der Waals surface area contributed by atoms with Crippen molar-refractivity contribution in [3.63, 3.8) is 0 Å². The van der Waals surface area contributed by atoms with Gasteiger partial charge in [0.05, 0.1) is 0 Å².